The molecule has 1 atom stereocenters. The average Bonchev–Trinajstić information content (AvgIpc) is 3.09. The molecule has 0 heterocycles. The van der Waals surface area contributed by atoms with Crippen LogP contribution in [0, 0.1) is 0 Å². The number of methoxy groups -OCH3 is 1. The number of halogens is 1. The van der Waals surface area contributed by atoms with Gasteiger partial charge in [0.1, 0.15) is 6.04 Å². The van der Waals surface area contributed by atoms with E-state index in [1.165, 1.54) is 7.11 Å². The van der Waals surface area contributed by atoms with Gasteiger partial charge in [0.15, 0.2) is 0 Å². The number of hydrogen-bond donors (Lipinski definition) is 1. The van der Waals surface area contributed by atoms with Gasteiger partial charge in [0.25, 0.3) is 0 Å². The Morgan fingerprint density at radius 1 is 0.931 bits per heavy atom. The Labute approximate surface area is 174 Å². The van der Waals surface area contributed by atoms with Crippen molar-refractivity contribution in [2.45, 2.75) is 18.4 Å². The normalized spacial score (nSPS) is 13.3. The number of amides is 1. The van der Waals surface area contributed by atoms with E-state index in [0.717, 1.165) is 27.8 Å². The van der Waals surface area contributed by atoms with E-state index in [1.807, 2.05) is 66.7 Å². The van der Waals surface area contributed by atoms with Gasteiger partial charge in [0.2, 0.25) is 5.91 Å². The molecule has 29 heavy (non-hydrogen) atoms. The first kappa shape index (κ1) is 19.2. The Hall–Kier alpha value is -3.11. The molecule has 3 aromatic rings. The van der Waals surface area contributed by atoms with Gasteiger partial charge in [0.05, 0.1) is 13.0 Å². The van der Waals surface area contributed by atoms with Crippen molar-refractivity contribution in [3.63, 3.8) is 0 Å². The molecule has 0 aliphatic heterocycles. The largest absolute Gasteiger partial charge is 0.467 e. The Kier molecular flexibility index (Phi) is 5.36. The molecule has 146 valence electrons. The lowest BCUT2D eigenvalue weighted by atomic mass is 9.95. The van der Waals surface area contributed by atoms with Crippen LogP contribution >= 0.6 is 11.6 Å². The molecule has 1 aliphatic rings. The van der Waals surface area contributed by atoms with E-state index in [2.05, 4.69) is 5.32 Å². The summed E-state index contributed by atoms with van der Waals surface area (Å²) in [6.07, 6.45) is 0.258. The van der Waals surface area contributed by atoms with Crippen LogP contribution in [0.1, 0.15) is 22.6 Å². The Morgan fingerprint density at radius 2 is 1.48 bits per heavy atom. The fourth-order valence-corrected chi connectivity index (χ4v) is 4.13. The molecule has 0 fully saturated rings. The number of ether oxygens (including phenoxy) is 1. The molecular weight excluding hydrogens is 386 g/mol. The van der Waals surface area contributed by atoms with Gasteiger partial charge in [-0.25, -0.2) is 4.79 Å². The molecule has 3 aromatic carbocycles. The number of benzene rings is 3. The van der Waals surface area contributed by atoms with Crippen LogP contribution in [-0.4, -0.2) is 25.0 Å². The minimum Gasteiger partial charge on any atom is -0.467 e. The highest BCUT2D eigenvalue weighted by atomic mass is 35.5. The molecule has 1 N–H and O–H groups in total. The summed E-state index contributed by atoms with van der Waals surface area (Å²) in [6, 6.07) is 22.2. The lowest BCUT2D eigenvalue weighted by Crippen LogP contribution is -2.45. The zero-order valence-electron chi connectivity index (χ0n) is 15.9. The van der Waals surface area contributed by atoms with E-state index < -0.39 is 17.9 Å². The second-order valence-electron chi connectivity index (χ2n) is 6.99. The molecule has 1 amide bonds. The summed E-state index contributed by atoms with van der Waals surface area (Å²) >= 11 is 6.25. The molecule has 5 heteroatoms. The minimum atomic E-state index is -0.827. The molecule has 4 rings (SSSR count). The lowest BCUT2D eigenvalue weighted by Gasteiger charge is -2.20. The summed E-state index contributed by atoms with van der Waals surface area (Å²) in [5.41, 5.74) is 4.74. The Morgan fingerprint density at radius 3 is 2.07 bits per heavy atom. The summed E-state index contributed by atoms with van der Waals surface area (Å²) in [5.74, 6) is -1.21. The predicted octanol–water partition coefficient (Wildman–Crippen LogP) is 4.35. The standard InChI is InChI=1S/C24H20ClNO3/c1-29-24(28)21(14-15-8-2-7-13-20(15)25)26-23(27)22-18-11-5-3-9-16(18)17-10-4-6-12-19(17)22/h2-13,21-22H,14H2,1H3,(H,26,27)/t21-/m1/s1. The first-order valence-electron chi connectivity index (χ1n) is 9.40. The second-order valence-corrected chi connectivity index (χ2v) is 7.39. The van der Waals surface area contributed by atoms with Crippen molar-refractivity contribution in [3.05, 3.63) is 94.5 Å². The summed E-state index contributed by atoms with van der Waals surface area (Å²) in [7, 11) is 1.31. The third kappa shape index (κ3) is 3.64. The number of fused-ring (bicyclic) bond motifs is 3. The Bertz CT molecular complexity index is 1030. The number of nitrogens with one attached hydrogen (secondary N) is 1. The van der Waals surface area contributed by atoms with Crippen LogP contribution in [0.15, 0.2) is 72.8 Å². The monoisotopic (exact) mass is 405 g/mol. The van der Waals surface area contributed by atoms with Crippen molar-refractivity contribution < 1.29 is 14.3 Å². The van der Waals surface area contributed by atoms with Gasteiger partial charge in [0, 0.05) is 11.4 Å². The Balaban J connectivity index is 1.64. The van der Waals surface area contributed by atoms with Crippen LogP contribution in [0.4, 0.5) is 0 Å². The van der Waals surface area contributed by atoms with Crippen molar-refractivity contribution in [2.75, 3.05) is 7.11 Å². The molecule has 0 spiro atoms. The molecular formula is C24H20ClNO3. The average molecular weight is 406 g/mol. The maximum absolute atomic E-state index is 13.3. The van der Waals surface area contributed by atoms with Crippen LogP contribution < -0.4 is 5.32 Å². The van der Waals surface area contributed by atoms with Crippen molar-refractivity contribution in [2.24, 2.45) is 0 Å². The van der Waals surface area contributed by atoms with E-state index in [0.29, 0.717) is 5.02 Å². The summed E-state index contributed by atoms with van der Waals surface area (Å²) in [4.78, 5) is 25.7. The lowest BCUT2D eigenvalue weighted by molar-refractivity contribution is -0.145. The molecule has 0 unspecified atom stereocenters. The number of rotatable bonds is 5. The zero-order chi connectivity index (χ0) is 20.4. The number of carbonyl (C=O) groups is 2. The predicted molar refractivity (Wildman–Crippen MR) is 113 cm³/mol. The van der Waals surface area contributed by atoms with E-state index in [9.17, 15) is 9.59 Å². The van der Waals surface area contributed by atoms with Crippen LogP contribution in [0.2, 0.25) is 5.02 Å². The fraction of sp³-hybridized carbons (Fsp3) is 0.167. The molecule has 0 saturated carbocycles. The second kappa shape index (κ2) is 8.10. The maximum Gasteiger partial charge on any atom is 0.328 e. The van der Waals surface area contributed by atoms with Crippen molar-refractivity contribution in [3.8, 4) is 11.1 Å². The van der Waals surface area contributed by atoms with Gasteiger partial charge < -0.3 is 10.1 Å². The van der Waals surface area contributed by atoms with E-state index in [4.69, 9.17) is 16.3 Å². The van der Waals surface area contributed by atoms with Gasteiger partial charge in [-0.05, 0) is 33.9 Å². The molecule has 0 bridgehead atoms. The maximum atomic E-state index is 13.3. The van der Waals surface area contributed by atoms with Gasteiger partial charge in [-0.1, -0.05) is 78.3 Å². The number of esters is 1. The molecule has 0 radical (unpaired) electrons. The first-order chi connectivity index (χ1) is 14.1. The SMILES string of the molecule is COC(=O)[C@@H](Cc1ccccc1Cl)NC(=O)C1c2ccccc2-c2ccccc21. The summed E-state index contributed by atoms with van der Waals surface area (Å²) < 4.78 is 4.93. The third-order valence-electron chi connectivity index (χ3n) is 5.28. The first-order valence-corrected chi connectivity index (χ1v) is 9.77. The highest BCUT2D eigenvalue weighted by Crippen LogP contribution is 2.44. The van der Waals surface area contributed by atoms with E-state index in [-0.39, 0.29) is 12.3 Å². The molecule has 4 nitrogen and oxygen atoms in total. The van der Waals surface area contributed by atoms with Crippen molar-refractivity contribution in [1.29, 1.82) is 0 Å². The van der Waals surface area contributed by atoms with Crippen LogP contribution in [-0.2, 0) is 20.7 Å². The number of carbonyl (C=O) groups excluding carboxylic acids is 2. The molecule has 0 aromatic heterocycles. The van der Waals surface area contributed by atoms with Gasteiger partial charge in [-0.3, -0.25) is 4.79 Å². The minimum absolute atomic E-state index is 0.232. The number of hydrogen-bond acceptors (Lipinski definition) is 3. The van der Waals surface area contributed by atoms with Gasteiger partial charge >= 0.3 is 5.97 Å². The molecule has 1 aliphatic carbocycles. The van der Waals surface area contributed by atoms with Crippen LogP contribution in [0.25, 0.3) is 11.1 Å². The zero-order valence-corrected chi connectivity index (χ0v) is 16.6. The van der Waals surface area contributed by atoms with E-state index >= 15 is 0 Å². The summed E-state index contributed by atoms with van der Waals surface area (Å²) in [5, 5.41) is 3.44. The fourth-order valence-electron chi connectivity index (χ4n) is 3.91. The smallest absolute Gasteiger partial charge is 0.328 e. The quantitative estimate of drug-likeness (QED) is 0.642. The summed E-state index contributed by atoms with van der Waals surface area (Å²) in [6.45, 7) is 0. The van der Waals surface area contributed by atoms with Crippen LogP contribution in [0.3, 0.4) is 0 Å². The molecule has 0 saturated heterocycles. The van der Waals surface area contributed by atoms with Crippen LogP contribution in [0.5, 0.6) is 0 Å². The van der Waals surface area contributed by atoms with E-state index in [1.54, 1.807) is 6.07 Å². The highest BCUT2D eigenvalue weighted by molar-refractivity contribution is 6.31. The van der Waals surface area contributed by atoms with Crippen molar-refractivity contribution >= 4 is 23.5 Å². The highest BCUT2D eigenvalue weighted by Gasteiger charge is 2.35. The van der Waals surface area contributed by atoms with Gasteiger partial charge in [-0.15, -0.1) is 0 Å². The topological polar surface area (TPSA) is 55.4 Å². The third-order valence-corrected chi connectivity index (χ3v) is 5.65. The van der Waals surface area contributed by atoms with Crippen molar-refractivity contribution in [1.82, 2.24) is 5.32 Å². The van der Waals surface area contributed by atoms with Gasteiger partial charge in [-0.2, -0.15) is 0 Å².